The van der Waals surface area contributed by atoms with Crippen LogP contribution in [0.4, 0.5) is 0 Å². The van der Waals surface area contributed by atoms with E-state index < -0.39 is 0 Å². The number of benzene rings is 1. The molecule has 1 unspecified atom stereocenters. The van der Waals surface area contributed by atoms with Crippen molar-refractivity contribution in [1.82, 2.24) is 4.98 Å². The van der Waals surface area contributed by atoms with Gasteiger partial charge in [0.2, 0.25) is 0 Å². The van der Waals surface area contributed by atoms with Crippen molar-refractivity contribution < 1.29 is 4.74 Å². The van der Waals surface area contributed by atoms with E-state index in [-0.39, 0.29) is 6.10 Å². The zero-order valence-electron chi connectivity index (χ0n) is 11.1. The predicted molar refractivity (Wildman–Crippen MR) is 78.5 cm³/mol. The average molecular weight is 272 g/mol. The van der Waals surface area contributed by atoms with Gasteiger partial charge in [-0.3, -0.25) is 0 Å². The summed E-state index contributed by atoms with van der Waals surface area (Å²) >= 11 is 1.79. The molecule has 1 aromatic heterocycles. The van der Waals surface area contributed by atoms with E-state index in [0.717, 1.165) is 35.2 Å². The number of aromatic amines is 1. The molecule has 3 rings (SSSR count). The standard InChI is InChI=1S/C15H16N2OS/c1-9-3-4-10(7-16)13-11-5-6-18-12(8-19-2)15(11)17-14(9)13/h3-4,12,17H,5-6,8H2,1-2H3. The highest BCUT2D eigenvalue weighted by molar-refractivity contribution is 7.98. The molecule has 0 saturated heterocycles. The van der Waals surface area contributed by atoms with Crippen LogP contribution < -0.4 is 0 Å². The van der Waals surface area contributed by atoms with Crippen molar-refractivity contribution in [2.45, 2.75) is 19.4 Å². The van der Waals surface area contributed by atoms with Gasteiger partial charge in [0.1, 0.15) is 6.10 Å². The fourth-order valence-electron chi connectivity index (χ4n) is 2.82. The van der Waals surface area contributed by atoms with E-state index in [1.807, 2.05) is 12.1 Å². The molecule has 0 saturated carbocycles. The lowest BCUT2D eigenvalue weighted by Gasteiger charge is -2.22. The summed E-state index contributed by atoms with van der Waals surface area (Å²) in [5.74, 6) is 0.945. The molecule has 2 heterocycles. The van der Waals surface area contributed by atoms with E-state index in [9.17, 15) is 5.26 Å². The van der Waals surface area contributed by atoms with Crippen LogP contribution in [-0.4, -0.2) is 23.6 Å². The number of hydrogen-bond donors (Lipinski definition) is 1. The lowest BCUT2D eigenvalue weighted by Crippen LogP contribution is -2.17. The normalized spacial score (nSPS) is 18.3. The van der Waals surface area contributed by atoms with Crippen molar-refractivity contribution >= 4 is 22.7 Å². The Bertz CT molecular complexity index is 669. The minimum atomic E-state index is 0.122. The van der Waals surface area contributed by atoms with Gasteiger partial charge in [-0.15, -0.1) is 0 Å². The first-order chi connectivity index (χ1) is 9.26. The first kappa shape index (κ1) is 12.6. The third kappa shape index (κ3) is 1.94. The molecule has 19 heavy (non-hydrogen) atoms. The summed E-state index contributed by atoms with van der Waals surface area (Å²) in [7, 11) is 0. The number of fused-ring (bicyclic) bond motifs is 3. The van der Waals surface area contributed by atoms with Crippen LogP contribution in [0.2, 0.25) is 0 Å². The van der Waals surface area contributed by atoms with Gasteiger partial charge in [0.25, 0.3) is 0 Å². The van der Waals surface area contributed by atoms with Crippen molar-refractivity contribution in [3.05, 3.63) is 34.5 Å². The quantitative estimate of drug-likeness (QED) is 0.912. The van der Waals surface area contributed by atoms with Crippen LogP contribution in [0.5, 0.6) is 0 Å². The molecule has 98 valence electrons. The van der Waals surface area contributed by atoms with E-state index in [1.165, 1.54) is 16.8 Å². The number of thioether (sulfide) groups is 1. The van der Waals surface area contributed by atoms with Gasteiger partial charge in [-0.2, -0.15) is 17.0 Å². The van der Waals surface area contributed by atoms with E-state index in [0.29, 0.717) is 0 Å². The highest BCUT2D eigenvalue weighted by Gasteiger charge is 2.26. The molecule has 3 nitrogen and oxygen atoms in total. The monoisotopic (exact) mass is 272 g/mol. The van der Waals surface area contributed by atoms with Crippen LogP contribution in [0, 0.1) is 18.3 Å². The van der Waals surface area contributed by atoms with Crippen LogP contribution >= 0.6 is 11.8 Å². The van der Waals surface area contributed by atoms with Gasteiger partial charge in [-0.25, -0.2) is 0 Å². The summed E-state index contributed by atoms with van der Waals surface area (Å²) in [6, 6.07) is 6.24. The maximum atomic E-state index is 9.32. The maximum Gasteiger partial charge on any atom is 0.107 e. The second kappa shape index (κ2) is 4.92. The molecular weight excluding hydrogens is 256 g/mol. The second-order valence-electron chi connectivity index (χ2n) is 4.87. The van der Waals surface area contributed by atoms with Gasteiger partial charge in [0, 0.05) is 16.8 Å². The fraction of sp³-hybridized carbons (Fsp3) is 0.400. The van der Waals surface area contributed by atoms with Crippen LogP contribution in [0.3, 0.4) is 0 Å². The molecule has 2 aromatic rings. The Morgan fingerprint density at radius 1 is 1.53 bits per heavy atom. The third-order valence-electron chi connectivity index (χ3n) is 3.73. The second-order valence-corrected chi connectivity index (χ2v) is 5.78. The lowest BCUT2D eigenvalue weighted by molar-refractivity contribution is 0.0567. The van der Waals surface area contributed by atoms with Crippen molar-refractivity contribution in [1.29, 1.82) is 5.26 Å². The zero-order chi connectivity index (χ0) is 13.4. The molecular formula is C15H16N2OS. The van der Waals surface area contributed by atoms with E-state index in [4.69, 9.17) is 4.74 Å². The Morgan fingerprint density at radius 3 is 3.11 bits per heavy atom. The Labute approximate surface area is 117 Å². The van der Waals surface area contributed by atoms with Gasteiger partial charge in [0.05, 0.1) is 23.8 Å². The number of aromatic nitrogens is 1. The van der Waals surface area contributed by atoms with Crippen molar-refractivity contribution in [2.75, 3.05) is 18.6 Å². The highest BCUT2D eigenvalue weighted by atomic mass is 32.2. The SMILES string of the molecule is CSCC1OCCc2c1[nH]c1c(C)ccc(C#N)c21. The Balaban J connectivity index is 2.27. The number of aryl methyl sites for hydroxylation is 1. The molecule has 4 heteroatoms. The van der Waals surface area contributed by atoms with Gasteiger partial charge >= 0.3 is 0 Å². The topological polar surface area (TPSA) is 48.8 Å². The number of H-pyrrole nitrogens is 1. The number of nitriles is 1. The number of hydrogen-bond acceptors (Lipinski definition) is 3. The van der Waals surface area contributed by atoms with E-state index >= 15 is 0 Å². The summed E-state index contributed by atoms with van der Waals surface area (Å²) < 4.78 is 5.85. The number of rotatable bonds is 2. The van der Waals surface area contributed by atoms with E-state index in [2.05, 4.69) is 24.2 Å². The molecule has 0 amide bonds. The van der Waals surface area contributed by atoms with E-state index in [1.54, 1.807) is 11.8 Å². The molecule has 1 aromatic carbocycles. The molecule has 0 spiro atoms. The van der Waals surface area contributed by atoms with Crippen LogP contribution in [-0.2, 0) is 11.2 Å². The molecule has 0 fully saturated rings. The fourth-order valence-corrected chi connectivity index (χ4v) is 3.39. The van der Waals surface area contributed by atoms with Crippen molar-refractivity contribution in [2.24, 2.45) is 0 Å². The minimum absolute atomic E-state index is 0.122. The first-order valence-corrected chi connectivity index (χ1v) is 7.80. The van der Waals surface area contributed by atoms with Gasteiger partial charge in [0.15, 0.2) is 0 Å². The Morgan fingerprint density at radius 2 is 2.37 bits per heavy atom. The van der Waals surface area contributed by atoms with Crippen molar-refractivity contribution in [3.63, 3.8) is 0 Å². The summed E-state index contributed by atoms with van der Waals surface area (Å²) in [6.45, 7) is 2.82. The molecule has 0 aliphatic carbocycles. The number of ether oxygens (including phenoxy) is 1. The summed E-state index contributed by atoms with van der Waals surface area (Å²) in [5, 5.41) is 10.4. The van der Waals surface area contributed by atoms with Crippen LogP contribution in [0.1, 0.15) is 28.5 Å². The predicted octanol–water partition coefficient (Wildman–Crippen LogP) is 3.32. The Hall–Kier alpha value is -1.44. The highest BCUT2D eigenvalue weighted by Crippen LogP contribution is 2.36. The average Bonchev–Trinajstić information content (AvgIpc) is 2.82. The maximum absolute atomic E-state index is 9.32. The van der Waals surface area contributed by atoms with Gasteiger partial charge in [-0.05, 0) is 36.8 Å². The largest absolute Gasteiger partial charge is 0.371 e. The zero-order valence-corrected chi connectivity index (χ0v) is 11.9. The van der Waals surface area contributed by atoms with Crippen LogP contribution in [0.15, 0.2) is 12.1 Å². The first-order valence-electron chi connectivity index (χ1n) is 6.41. The third-order valence-corrected chi connectivity index (χ3v) is 4.37. The minimum Gasteiger partial charge on any atom is -0.371 e. The molecule has 1 N–H and O–H groups in total. The van der Waals surface area contributed by atoms with Gasteiger partial charge in [-0.1, -0.05) is 6.07 Å². The van der Waals surface area contributed by atoms with Crippen molar-refractivity contribution in [3.8, 4) is 6.07 Å². The van der Waals surface area contributed by atoms with Crippen LogP contribution in [0.25, 0.3) is 10.9 Å². The molecule has 1 aliphatic rings. The molecule has 0 bridgehead atoms. The lowest BCUT2D eigenvalue weighted by atomic mass is 9.98. The summed E-state index contributed by atoms with van der Waals surface area (Å²) in [4.78, 5) is 3.50. The smallest absolute Gasteiger partial charge is 0.107 e. The Kier molecular flexibility index (Phi) is 3.26. The summed E-state index contributed by atoms with van der Waals surface area (Å²) in [5.41, 5.74) is 5.50. The number of nitrogens with one attached hydrogen (secondary N) is 1. The number of nitrogens with zero attached hydrogens (tertiary/aromatic N) is 1. The molecule has 0 radical (unpaired) electrons. The molecule has 1 aliphatic heterocycles. The molecule has 1 atom stereocenters. The van der Waals surface area contributed by atoms with Gasteiger partial charge < -0.3 is 9.72 Å². The summed E-state index contributed by atoms with van der Waals surface area (Å²) in [6.07, 6.45) is 3.10.